The van der Waals surface area contributed by atoms with E-state index in [1.165, 1.54) is 12.1 Å². The van der Waals surface area contributed by atoms with Crippen molar-refractivity contribution in [2.45, 2.75) is 19.8 Å². The second kappa shape index (κ2) is 6.58. The van der Waals surface area contributed by atoms with Crippen molar-refractivity contribution in [1.29, 1.82) is 0 Å². The number of carbonyl (C=O) groups excluding carboxylic acids is 2. The van der Waals surface area contributed by atoms with Crippen molar-refractivity contribution in [2.24, 2.45) is 10.9 Å². The molecule has 2 atom stereocenters. The minimum Gasteiger partial charge on any atom is -0.465 e. The first-order valence-corrected chi connectivity index (χ1v) is 8.88. The molecule has 1 unspecified atom stereocenters. The monoisotopic (exact) mass is 363 g/mol. The van der Waals surface area contributed by atoms with E-state index in [0.29, 0.717) is 28.1 Å². The summed E-state index contributed by atoms with van der Waals surface area (Å²) >= 11 is 0. The summed E-state index contributed by atoms with van der Waals surface area (Å²) in [7, 11) is 0. The van der Waals surface area contributed by atoms with Crippen molar-refractivity contribution in [1.82, 2.24) is 0 Å². The van der Waals surface area contributed by atoms with Gasteiger partial charge in [-0.1, -0.05) is 36.4 Å². The molecule has 1 aliphatic heterocycles. The van der Waals surface area contributed by atoms with E-state index in [-0.39, 0.29) is 12.4 Å². The lowest BCUT2D eigenvalue weighted by molar-refractivity contribution is -0.146. The lowest BCUT2D eigenvalue weighted by atomic mass is 9.75. The number of rotatable bonds is 3. The third-order valence-electron chi connectivity index (χ3n) is 5.06. The fourth-order valence-electron chi connectivity index (χ4n) is 3.95. The Labute approximate surface area is 156 Å². The molecule has 0 spiro atoms. The second-order valence-electron chi connectivity index (χ2n) is 6.65. The highest BCUT2D eigenvalue weighted by atomic mass is 19.1. The molecule has 4 nitrogen and oxygen atoms in total. The first kappa shape index (κ1) is 17.3. The third kappa shape index (κ3) is 2.70. The molecule has 1 aliphatic carbocycles. The standard InChI is InChI=1S/C22H18FNO3/c1-3-27-22(26)17-12(2)24-20-15-9-4-5-10-16(15)21(25)19(20)18(17)13-7-6-8-14(23)11-13/h4-11,17-18H,3H2,1-2H3/t17?,18-/m0/s1. The number of benzene rings is 2. The molecule has 0 aromatic heterocycles. The summed E-state index contributed by atoms with van der Waals surface area (Å²) in [6.07, 6.45) is 0. The Kier molecular flexibility index (Phi) is 4.22. The summed E-state index contributed by atoms with van der Waals surface area (Å²) in [6.45, 7) is 3.70. The van der Waals surface area contributed by atoms with Crippen molar-refractivity contribution < 1.29 is 18.7 Å². The topological polar surface area (TPSA) is 55.7 Å². The van der Waals surface area contributed by atoms with Gasteiger partial charge < -0.3 is 4.74 Å². The van der Waals surface area contributed by atoms with Gasteiger partial charge in [0.15, 0.2) is 5.78 Å². The number of ketones is 1. The molecule has 0 N–H and O–H groups in total. The molecule has 1 heterocycles. The summed E-state index contributed by atoms with van der Waals surface area (Å²) in [5.74, 6) is -2.43. The number of halogens is 1. The van der Waals surface area contributed by atoms with Crippen LogP contribution in [0.1, 0.15) is 41.3 Å². The van der Waals surface area contributed by atoms with Crippen molar-refractivity contribution in [3.05, 3.63) is 76.6 Å². The number of Topliss-reactive ketones (excluding diaryl/α,β-unsaturated/α-hetero) is 1. The summed E-state index contributed by atoms with van der Waals surface area (Å²) in [5.41, 5.74) is 3.45. The predicted octanol–water partition coefficient (Wildman–Crippen LogP) is 4.17. The lowest BCUT2D eigenvalue weighted by Gasteiger charge is -2.30. The first-order valence-electron chi connectivity index (χ1n) is 8.88. The number of carbonyl (C=O) groups is 2. The zero-order chi connectivity index (χ0) is 19.1. The van der Waals surface area contributed by atoms with Crippen LogP contribution in [0, 0.1) is 11.7 Å². The Morgan fingerprint density at radius 2 is 1.89 bits per heavy atom. The Bertz CT molecular complexity index is 1020. The number of nitrogens with zero attached hydrogens (tertiary/aromatic N) is 1. The summed E-state index contributed by atoms with van der Waals surface area (Å²) in [6, 6.07) is 13.3. The van der Waals surface area contributed by atoms with E-state index in [1.54, 1.807) is 38.1 Å². The maximum atomic E-state index is 14.0. The Morgan fingerprint density at radius 3 is 2.59 bits per heavy atom. The van der Waals surface area contributed by atoms with E-state index >= 15 is 0 Å². The van der Waals surface area contributed by atoms with E-state index in [2.05, 4.69) is 4.99 Å². The number of aliphatic imine (C=N–C) groups is 1. The molecule has 0 saturated carbocycles. The van der Waals surface area contributed by atoms with Crippen LogP contribution in [0.3, 0.4) is 0 Å². The summed E-state index contributed by atoms with van der Waals surface area (Å²) in [5, 5.41) is 0. The molecule has 2 aliphatic rings. The van der Waals surface area contributed by atoms with Gasteiger partial charge in [-0.05, 0) is 31.5 Å². The quantitative estimate of drug-likeness (QED) is 0.769. The average molecular weight is 363 g/mol. The van der Waals surface area contributed by atoms with Crippen LogP contribution in [-0.4, -0.2) is 24.1 Å². The molecule has 0 fully saturated rings. The maximum absolute atomic E-state index is 14.0. The van der Waals surface area contributed by atoms with Gasteiger partial charge >= 0.3 is 5.97 Å². The molecule has 2 aromatic carbocycles. The minimum atomic E-state index is -0.760. The van der Waals surface area contributed by atoms with Crippen molar-refractivity contribution in [3.63, 3.8) is 0 Å². The Balaban J connectivity index is 1.94. The zero-order valence-electron chi connectivity index (χ0n) is 15.0. The van der Waals surface area contributed by atoms with Crippen LogP contribution in [0.25, 0.3) is 5.70 Å². The largest absolute Gasteiger partial charge is 0.465 e. The number of ether oxygens (including phenoxy) is 1. The maximum Gasteiger partial charge on any atom is 0.315 e. The van der Waals surface area contributed by atoms with Gasteiger partial charge in [0, 0.05) is 28.3 Å². The van der Waals surface area contributed by atoms with Gasteiger partial charge in [-0.15, -0.1) is 0 Å². The van der Waals surface area contributed by atoms with Gasteiger partial charge in [0.2, 0.25) is 0 Å². The smallest absolute Gasteiger partial charge is 0.315 e. The van der Waals surface area contributed by atoms with Gasteiger partial charge in [0.25, 0.3) is 0 Å². The van der Waals surface area contributed by atoms with Crippen LogP contribution in [0.2, 0.25) is 0 Å². The average Bonchev–Trinajstić information content (AvgIpc) is 2.93. The molecular weight excluding hydrogens is 345 g/mol. The van der Waals surface area contributed by atoms with Crippen molar-refractivity contribution in [3.8, 4) is 0 Å². The van der Waals surface area contributed by atoms with Gasteiger partial charge in [-0.25, -0.2) is 4.39 Å². The third-order valence-corrected chi connectivity index (χ3v) is 5.06. The Hall–Kier alpha value is -3.08. The fraction of sp³-hybridized carbons (Fsp3) is 0.227. The van der Waals surface area contributed by atoms with Gasteiger partial charge in [0.1, 0.15) is 11.7 Å². The van der Waals surface area contributed by atoms with E-state index in [0.717, 1.165) is 5.56 Å². The number of hydrogen-bond acceptors (Lipinski definition) is 4. The number of fused-ring (bicyclic) bond motifs is 2. The van der Waals surface area contributed by atoms with E-state index < -0.39 is 23.6 Å². The van der Waals surface area contributed by atoms with Crippen LogP contribution < -0.4 is 0 Å². The SMILES string of the molecule is CCOC(=O)C1C(C)=NC2=C(C(=O)c3ccccc32)[C@H]1c1cccc(F)c1. The summed E-state index contributed by atoms with van der Waals surface area (Å²) in [4.78, 5) is 30.5. The van der Waals surface area contributed by atoms with Crippen LogP contribution in [0.5, 0.6) is 0 Å². The molecule has 0 bridgehead atoms. The highest BCUT2D eigenvalue weighted by Gasteiger charge is 2.46. The number of allylic oxidation sites excluding steroid dienone is 1. The fourth-order valence-corrected chi connectivity index (χ4v) is 3.95. The molecular formula is C22H18FNO3. The number of esters is 1. The molecule has 5 heteroatoms. The molecule has 136 valence electrons. The molecule has 2 aromatic rings. The molecule has 4 rings (SSSR count). The van der Waals surface area contributed by atoms with Crippen LogP contribution in [-0.2, 0) is 9.53 Å². The number of hydrogen-bond donors (Lipinski definition) is 0. The minimum absolute atomic E-state index is 0.166. The summed E-state index contributed by atoms with van der Waals surface area (Å²) < 4.78 is 19.2. The van der Waals surface area contributed by atoms with Crippen LogP contribution in [0.4, 0.5) is 4.39 Å². The van der Waals surface area contributed by atoms with Crippen LogP contribution in [0.15, 0.2) is 59.1 Å². The van der Waals surface area contributed by atoms with E-state index in [4.69, 9.17) is 4.74 Å². The Morgan fingerprint density at radius 1 is 1.15 bits per heavy atom. The van der Waals surface area contributed by atoms with Gasteiger partial charge in [-0.3, -0.25) is 14.6 Å². The normalized spacial score (nSPS) is 20.9. The highest BCUT2D eigenvalue weighted by molar-refractivity contribution is 6.24. The second-order valence-corrected chi connectivity index (χ2v) is 6.65. The molecule has 0 radical (unpaired) electrons. The molecule has 0 amide bonds. The van der Waals surface area contributed by atoms with Gasteiger partial charge in [-0.2, -0.15) is 0 Å². The van der Waals surface area contributed by atoms with E-state index in [9.17, 15) is 14.0 Å². The first-order chi connectivity index (χ1) is 13.0. The van der Waals surface area contributed by atoms with E-state index in [1.807, 2.05) is 12.1 Å². The predicted molar refractivity (Wildman–Crippen MR) is 100 cm³/mol. The van der Waals surface area contributed by atoms with Crippen LogP contribution >= 0.6 is 0 Å². The zero-order valence-corrected chi connectivity index (χ0v) is 15.0. The highest BCUT2D eigenvalue weighted by Crippen LogP contribution is 2.48. The molecule has 0 saturated heterocycles. The van der Waals surface area contributed by atoms with Crippen molar-refractivity contribution in [2.75, 3.05) is 6.61 Å². The van der Waals surface area contributed by atoms with Gasteiger partial charge in [0.05, 0.1) is 12.3 Å². The van der Waals surface area contributed by atoms with Crippen molar-refractivity contribution >= 4 is 23.2 Å². The lowest BCUT2D eigenvalue weighted by Crippen LogP contribution is -2.35. The molecule has 27 heavy (non-hydrogen) atoms.